The van der Waals surface area contributed by atoms with Gasteiger partial charge in [0.05, 0.1) is 5.41 Å². The number of hydrogen-bond acceptors (Lipinski definition) is 3. The Labute approximate surface area is 222 Å². The SMILES string of the molecule is CC1(C)C(c2cccc(/C(N)=N/N)c2)=CC[C@]2(C)C3CCC4C(CC[C@@]5(C(=O)O)CCCC45)C3CCC12. The molecule has 0 heterocycles. The Kier molecular flexibility index (Phi) is 5.82. The van der Waals surface area contributed by atoms with E-state index in [1.807, 2.05) is 6.07 Å². The highest BCUT2D eigenvalue weighted by atomic mass is 16.4. The molecule has 200 valence electrons. The minimum absolute atomic E-state index is 0.0680. The van der Waals surface area contributed by atoms with Crippen molar-refractivity contribution in [1.29, 1.82) is 0 Å². The van der Waals surface area contributed by atoms with Crippen LogP contribution in [0.25, 0.3) is 5.57 Å². The molecule has 5 N–H and O–H groups in total. The lowest BCUT2D eigenvalue weighted by molar-refractivity contribution is -0.166. The average Bonchev–Trinajstić information content (AvgIpc) is 3.34. The van der Waals surface area contributed by atoms with Gasteiger partial charge in [0.1, 0.15) is 5.84 Å². The van der Waals surface area contributed by atoms with Crippen molar-refractivity contribution in [3.63, 3.8) is 0 Å². The summed E-state index contributed by atoms with van der Waals surface area (Å²) in [6, 6.07) is 8.40. The Morgan fingerprint density at radius 3 is 2.49 bits per heavy atom. The number of benzene rings is 1. The molecular formula is C32H45N3O2. The number of hydrogen-bond donors (Lipinski definition) is 3. The van der Waals surface area contributed by atoms with Gasteiger partial charge in [-0.1, -0.05) is 51.5 Å². The third kappa shape index (κ3) is 3.48. The van der Waals surface area contributed by atoms with Crippen LogP contribution in [-0.2, 0) is 4.79 Å². The summed E-state index contributed by atoms with van der Waals surface area (Å²) in [7, 11) is 0. The highest BCUT2D eigenvalue weighted by molar-refractivity contribution is 5.98. The van der Waals surface area contributed by atoms with Crippen molar-refractivity contribution in [3.05, 3.63) is 41.5 Å². The van der Waals surface area contributed by atoms with Crippen LogP contribution in [-0.4, -0.2) is 16.9 Å². The number of carbonyl (C=O) groups is 1. The molecule has 0 radical (unpaired) electrons. The van der Waals surface area contributed by atoms with E-state index in [1.54, 1.807) is 0 Å². The molecule has 6 rings (SSSR count). The predicted octanol–water partition coefficient (Wildman–Crippen LogP) is 6.42. The van der Waals surface area contributed by atoms with Gasteiger partial charge in [-0.2, -0.15) is 5.10 Å². The zero-order valence-corrected chi connectivity index (χ0v) is 22.9. The molecule has 5 heteroatoms. The van der Waals surface area contributed by atoms with E-state index in [9.17, 15) is 9.90 Å². The molecule has 0 aromatic heterocycles. The van der Waals surface area contributed by atoms with Crippen LogP contribution in [0.5, 0.6) is 0 Å². The second kappa shape index (κ2) is 8.61. The first kappa shape index (κ1) is 25.0. The Morgan fingerprint density at radius 2 is 1.73 bits per heavy atom. The van der Waals surface area contributed by atoms with Gasteiger partial charge < -0.3 is 16.7 Å². The van der Waals surface area contributed by atoms with E-state index in [1.165, 1.54) is 36.8 Å². The van der Waals surface area contributed by atoms with E-state index >= 15 is 0 Å². The zero-order chi connectivity index (χ0) is 26.2. The predicted molar refractivity (Wildman–Crippen MR) is 148 cm³/mol. The van der Waals surface area contributed by atoms with Gasteiger partial charge in [-0.05, 0) is 121 Å². The lowest BCUT2D eigenvalue weighted by Gasteiger charge is -2.64. The molecule has 8 atom stereocenters. The smallest absolute Gasteiger partial charge is 0.309 e. The lowest BCUT2D eigenvalue weighted by Crippen LogP contribution is -2.57. The van der Waals surface area contributed by atoms with Crippen molar-refractivity contribution < 1.29 is 9.90 Å². The van der Waals surface area contributed by atoms with E-state index < -0.39 is 11.4 Å². The molecule has 0 saturated heterocycles. The molecule has 0 amide bonds. The van der Waals surface area contributed by atoms with Crippen LogP contribution in [0.2, 0.25) is 0 Å². The van der Waals surface area contributed by atoms with Crippen molar-refractivity contribution in [2.24, 2.45) is 68.4 Å². The van der Waals surface area contributed by atoms with Crippen molar-refractivity contribution >= 4 is 17.4 Å². The van der Waals surface area contributed by atoms with Crippen molar-refractivity contribution in [1.82, 2.24) is 0 Å². The second-order valence-corrected chi connectivity index (χ2v) is 13.9. The molecular weight excluding hydrogens is 458 g/mol. The topological polar surface area (TPSA) is 102 Å². The van der Waals surface area contributed by atoms with Crippen LogP contribution in [0.3, 0.4) is 0 Å². The number of carboxylic acid groups (broad SMARTS) is 1. The van der Waals surface area contributed by atoms with Crippen LogP contribution < -0.4 is 11.6 Å². The normalized spacial score (nSPS) is 42.6. The first-order valence-electron chi connectivity index (χ1n) is 14.7. The monoisotopic (exact) mass is 503 g/mol. The summed E-state index contributed by atoms with van der Waals surface area (Å²) in [5, 5.41) is 13.9. The summed E-state index contributed by atoms with van der Waals surface area (Å²) in [5.74, 6) is 9.27. The maximum atomic E-state index is 12.4. The van der Waals surface area contributed by atoms with E-state index in [2.05, 4.69) is 50.1 Å². The van der Waals surface area contributed by atoms with Gasteiger partial charge >= 0.3 is 5.97 Å². The fourth-order valence-corrected chi connectivity index (χ4v) is 11.0. The van der Waals surface area contributed by atoms with Crippen molar-refractivity contribution in [3.8, 4) is 0 Å². The Hall–Kier alpha value is -2.30. The van der Waals surface area contributed by atoms with Crippen LogP contribution in [0.15, 0.2) is 35.4 Å². The number of fused-ring (bicyclic) bond motifs is 7. The minimum atomic E-state index is -0.499. The van der Waals surface area contributed by atoms with Gasteiger partial charge in [-0.3, -0.25) is 4.79 Å². The van der Waals surface area contributed by atoms with Crippen LogP contribution in [0.1, 0.15) is 96.1 Å². The highest BCUT2D eigenvalue weighted by Gasteiger charge is 2.63. The van der Waals surface area contributed by atoms with Gasteiger partial charge in [0.2, 0.25) is 0 Å². The molecule has 5 nitrogen and oxygen atoms in total. The Balaban J connectivity index is 1.30. The van der Waals surface area contributed by atoms with E-state index in [-0.39, 0.29) is 5.41 Å². The molecule has 1 aromatic rings. The third-order valence-corrected chi connectivity index (χ3v) is 12.5. The number of allylic oxidation sites excluding steroid dienone is 2. The van der Waals surface area contributed by atoms with Crippen LogP contribution >= 0.6 is 0 Å². The van der Waals surface area contributed by atoms with Gasteiger partial charge in [0.25, 0.3) is 0 Å². The summed E-state index contributed by atoms with van der Waals surface area (Å²) in [5.41, 5.74) is 9.55. The van der Waals surface area contributed by atoms with E-state index in [0.29, 0.717) is 29.0 Å². The summed E-state index contributed by atoms with van der Waals surface area (Å²) >= 11 is 0. The summed E-state index contributed by atoms with van der Waals surface area (Å²) < 4.78 is 0. The molecule has 0 spiro atoms. The molecule has 1 aromatic carbocycles. The fourth-order valence-electron chi connectivity index (χ4n) is 11.0. The van der Waals surface area contributed by atoms with E-state index in [0.717, 1.165) is 61.8 Å². The number of rotatable bonds is 3. The number of carboxylic acids is 1. The van der Waals surface area contributed by atoms with Crippen molar-refractivity contribution in [2.75, 3.05) is 0 Å². The first-order valence-corrected chi connectivity index (χ1v) is 14.7. The Morgan fingerprint density at radius 1 is 0.973 bits per heavy atom. The molecule has 4 saturated carbocycles. The lowest BCUT2D eigenvalue weighted by atomic mass is 9.40. The number of aliphatic carboxylic acids is 1. The molecule has 5 aliphatic carbocycles. The summed E-state index contributed by atoms with van der Waals surface area (Å²) in [6.45, 7) is 7.51. The van der Waals surface area contributed by atoms with Gasteiger partial charge in [-0.25, -0.2) is 0 Å². The molecule has 0 aliphatic heterocycles. The molecule has 6 unspecified atom stereocenters. The second-order valence-electron chi connectivity index (χ2n) is 13.9. The maximum Gasteiger partial charge on any atom is 0.309 e. The molecule has 37 heavy (non-hydrogen) atoms. The van der Waals surface area contributed by atoms with Gasteiger partial charge in [0.15, 0.2) is 0 Å². The van der Waals surface area contributed by atoms with E-state index in [4.69, 9.17) is 11.6 Å². The number of amidine groups is 1. The minimum Gasteiger partial charge on any atom is -0.481 e. The first-order chi connectivity index (χ1) is 17.6. The summed E-state index contributed by atoms with van der Waals surface area (Å²) in [6.07, 6.45) is 14.0. The highest BCUT2D eigenvalue weighted by Crippen LogP contribution is 2.69. The molecule has 0 bridgehead atoms. The van der Waals surface area contributed by atoms with Gasteiger partial charge in [-0.15, -0.1) is 0 Å². The molecule has 4 fully saturated rings. The Bertz CT molecular complexity index is 1150. The number of nitrogens with two attached hydrogens (primary N) is 2. The maximum absolute atomic E-state index is 12.4. The fraction of sp³-hybridized carbons (Fsp3) is 0.688. The quantitative estimate of drug-likeness (QED) is 0.192. The number of nitrogens with zero attached hydrogens (tertiary/aromatic N) is 1. The largest absolute Gasteiger partial charge is 0.481 e. The number of hydrazone groups is 1. The summed E-state index contributed by atoms with van der Waals surface area (Å²) in [4.78, 5) is 12.4. The van der Waals surface area contributed by atoms with Crippen molar-refractivity contribution in [2.45, 2.75) is 85.0 Å². The third-order valence-electron chi connectivity index (χ3n) is 12.5. The van der Waals surface area contributed by atoms with Crippen LogP contribution in [0, 0.1) is 51.8 Å². The van der Waals surface area contributed by atoms with Gasteiger partial charge in [0, 0.05) is 5.56 Å². The zero-order valence-electron chi connectivity index (χ0n) is 22.9. The average molecular weight is 504 g/mol. The molecule has 5 aliphatic rings. The standard InChI is InChI=1S/C32H45N3O2/c1-30(2)24(19-6-4-7-20(18-19)28(33)35-34)14-16-31(3)25-11-9-23-21(22(25)10-12-27(30)31)13-17-32(29(36)37)15-5-8-26(23)32/h4,6-7,14,18,21-23,25-27H,5,8-13,15-17,34H2,1-3H3,(H2,33,35)(H,36,37)/t21?,22?,23?,25?,26?,27?,31-,32+/m1/s1. The van der Waals surface area contributed by atoms with Crippen LogP contribution in [0.4, 0.5) is 0 Å².